The van der Waals surface area contributed by atoms with Crippen molar-refractivity contribution in [2.45, 2.75) is 18.9 Å². The molecule has 8 nitrogen and oxygen atoms in total. The molecular weight excluding hydrogens is 618 g/mol. The van der Waals surface area contributed by atoms with Crippen LogP contribution in [0.2, 0.25) is 0 Å². The fourth-order valence-corrected chi connectivity index (χ4v) is 7.17. The van der Waals surface area contributed by atoms with Crippen molar-refractivity contribution in [3.8, 4) is 17.1 Å². The van der Waals surface area contributed by atoms with E-state index < -0.39 is 4.92 Å². The first-order valence-corrected chi connectivity index (χ1v) is 14.8. The Bertz CT molecular complexity index is 2110. The molecule has 0 spiro atoms. The first-order chi connectivity index (χ1) is 20.4. The summed E-state index contributed by atoms with van der Waals surface area (Å²) in [5.41, 5.74) is 5.94. The minimum absolute atomic E-state index is 0.0183. The minimum Gasteiger partial charge on any atom is -0.497 e. The third kappa shape index (κ3) is 4.43. The number of nitro benzene ring substituents is 1. The van der Waals surface area contributed by atoms with E-state index in [0.29, 0.717) is 30.9 Å². The van der Waals surface area contributed by atoms with Gasteiger partial charge in [-0.15, -0.1) is 0 Å². The smallest absolute Gasteiger partial charge is 0.271 e. The predicted octanol–water partition coefficient (Wildman–Crippen LogP) is 6.26. The molecule has 0 radical (unpaired) electrons. The zero-order valence-electron chi connectivity index (χ0n) is 22.2. The highest BCUT2D eigenvalue weighted by Crippen LogP contribution is 2.41. The third-order valence-corrected chi connectivity index (χ3v) is 9.27. The van der Waals surface area contributed by atoms with Crippen LogP contribution in [0.1, 0.15) is 34.9 Å². The lowest BCUT2D eigenvalue weighted by molar-refractivity contribution is -0.384. The number of ether oxygens (including phenoxy) is 1. The predicted molar refractivity (Wildman–Crippen MR) is 164 cm³/mol. The Morgan fingerprint density at radius 2 is 1.88 bits per heavy atom. The lowest BCUT2D eigenvalue weighted by Crippen LogP contribution is -2.38. The van der Waals surface area contributed by atoms with E-state index >= 15 is 0 Å². The van der Waals surface area contributed by atoms with E-state index in [1.54, 1.807) is 36.0 Å². The van der Waals surface area contributed by atoms with Crippen LogP contribution >= 0.6 is 27.3 Å². The summed E-state index contributed by atoms with van der Waals surface area (Å²) in [6.07, 6.45) is 3.42. The SMILES string of the molecule is COc1ccc([C@@H]2C3=C(N=c4s/c(=C\c5ccc(-c6ccc([N+](=O)[O-])cc6Br)o5)c(=O)n42)c2ccccc2CC3)cc1. The monoisotopic (exact) mass is 639 g/mol. The largest absolute Gasteiger partial charge is 0.497 e. The summed E-state index contributed by atoms with van der Waals surface area (Å²) < 4.78 is 14.3. The quantitative estimate of drug-likeness (QED) is 0.167. The van der Waals surface area contributed by atoms with E-state index in [1.807, 2.05) is 30.3 Å². The van der Waals surface area contributed by atoms with E-state index in [4.69, 9.17) is 14.1 Å². The molecule has 1 aliphatic heterocycles. The van der Waals surface area contributed by atoms with Crippen molar-refractivity contribution in [2.75, 3.05) is 7.11 Å². The standard InChI is InChI=1S/C32H22BrN3O5S/c1-40-21-10-6-19(7-11-21)30-25-13-8-18-4-2-3-5-23(18)29(25)34-32-35(30)31(37)28(42-32)17-22-12-15-27(41-22)24-14-9-20(36(38)39)16-26(24)33/h2-7,9-12,14-17,30H,8,13H2,1H3/b28-17-/t30-/m1/s1. The molecule has 0 N–H and O–H groups in total. The topological polar surface area (TPSA) is 99.9 Å². The van der Waals surface area contributed by atoms with Gasteiger partial charge in [0.25, 0.3) is 11.2 Å². The maximum atomic E-state index is 14.0. The molecule has 1 aliphatic carbocycles. The van der Waals surface area contributed by atoms with Gasteiger partial charge in [-0.2, -0.15) is 0 Å². The van der Waals surface area contributed by atoms with Gasteiger partial charge in [0.05, 0.1) is 28.3 Å². The van der Waals surface area contributed by atoms with Crippen LogP contribution < -0.4 is 19.6 Å². The number of furan rings is 1. The average Bonchev–Trinajstić information content (AvgIpc) is 3.60. The van der Waals surface area contributed by atoms with Gasteiger partial charge in [-0.25, -0.2) is 4.99 Å². The lowest BCUT2D eigenvalue weighted by atomic mass is 9.83. The van der Waals surface area contributed by atoms with Gasteiger partial charge in [0.2, 0.25) is 0 Å². The van der Waals surface area contributed by atoms with Crippen LogP contribution in [0, 0.1) is 10.1 Å². The summed E-state index contributed by atoms with van der Waals surface area (Å²) in [6, 6.07) is 24.0. The molecule has 0 saturated heterocycles. The van der Waals surface area contributed by atoms with Gasteiger partial charge in [-0.3, -0.25) is 19.5 Å². The Labute approximate surface area is 251 Å². The highest BCUT2D eigenvalue weighted by Gasteiger charge is 2.32. The molecule has 7 rings (SSSR count). The second-order valence-corrected chi connectivity index (χ2v) is 11.9. The van der Waals surface area contributed by atoms with Crippen LogP contribution in [0.25, 0.3) is 23.1 Å². The fraction of sp³-hybridized carbons (Fsp3) is 0.125. The molecule has 5 aromatic rings. The number of hydrogen-bond acceptors (Lipinski definition) is 7. The Kier molecular flexibility index (Phi) is 6.52. The molecule has 3 aromatic carbocycles. The van der Waals surface area contributed by atoms with Crippen LogP contribution in [0.3, 0.4) is 0 Å². The van der Waals surface area contributed by atoms with Crippen molar-refractivity contribution >= 4 is 44.7 Å². The van der Waals surface area contributed by atoms with Crippen LogP contribution in [-0.2, 0) is 6.42 Å². The summed E-state index contributed by atoms with van der Waals surface area (Å²) >= 11 is 4.74. The number of non-ortho nitro benzene ring substituents is 1. The van der Waals surface area contributed by atoms with Crippen molar-refractivity contribution in [2.24, 2.45) is 4.99 Å². The van der Waals surface area contributed by atoms with Crippen molar-refractivity contribution in [3.05, 3.63) is 141 Å². The molecule has 0 saturated carbocycles. The van der Waals surface area contributed by atoms with Crippen molar-refractivity contribution in [1.82, 2.24) is 4.57 Å². The van der Waals surface area contributed by atoms with Gasteiger partial charge in [0.15, 0.2) is 4.80 Å². The fourth-order valence-electron chi connectivity index (χ4n) is 5.63. The summed E-state index contributed by atoms with van der Waals surface area (Å²) in [5.74, 6) is 1.78. The molecule has 0 bridgehead atoms. The van der Waals surface area contributed by atoms with Gasteiger partial charge in [0.1, 0.15) is 17.3 Å². The van der Waals surface area contributed by atoms with E-state index in [0.717, 1.165) is 41.0 Å². The molecule has 0 unspecified atom stereocenters. The Morgan fingerprint density at radius 1 is 1.07 bits per heavy atom. The number of halogens is 1. The van der Waals surface area contributed by atoms with Crippen LogP contribution in [0.4, 0.5) is 5.69 Å². The van der Waals surface area contributed by atoms with E-state index in [-0.39, 0.29) is 17.3 Å². The van der Waals surface area contributed by atoms with Crippen molar-refractivity contribution in [3.63, 3.8) is 0 Å². The zero-order valence-corrected chi connectivity index (χ0v) is 24.6. The Morgan fingerprint density at radius 3 is 2.64 bits per heavy atom. The Hall–Kier alpha value is -4.54. The van der Waals surface area contributed by atoms with Crippen LogP contribution in [0.15, 0.2) is 103 Å². The maximum absolute atomic E-state index is 14.0. The van der Waals surface area contributed by atoms with Crippen molar-refractivity contribution in [1.29, 1.82) is 0 Å². The van der Waals surface area contributed by atoms with E-state index in [9.17, 15) is 14.9 Å². The third-order valence-electron chi connectivity index (χ3n) is 7.63. The minimum atomic E-state index is -0.447. The number of fused-ring (bicyclic) bond motifs is 3. The molecule has 3 heterocycles. The highest BCUT2D eigenvalue weighted by molar-refractivity contribution is 9.10. The number of aryl methyl sites for hydroxylation is 1. The van der Waals surface area contributed by atoms with Gasteiger partial charge in [-0.05, 0) is 75.8 Å². The highest BCUT2D eigenvalue weighted by atomic mass is 79.9. The number of nitro groups is 1. The normalized spacial score (nSPS) is 16.0. The second-order valence-electron chi connectivity index (χ2n) is 10.0. The number of aromatic nitrogens is 1. The van der Waals surface area contributed by atoms with Crippen LogP contribution in [-0.4, -0.2) is 16.6 Å². The molecule has 10 heteroatoms. The molecule has 2 aromatic heterocycles. The van der Waals surface area contributed by atoms with Gasteiger partial charge in [-0.1, -0.05) is 47.7 Å². The van der Waals surface area contributed by atoms with Gasteiger partial charge < -0.3 is 9.15 Å². The van der Waals surface area contributed by atoms with Crippen molar-refractivity contribution < 1.29 is 14.1 Å². The molecule has 2 aliphatic rings. The molecule has 208 valence electrons. The summed E-state index contributed by atoms with van der Waals surface area (Å²) in [5, 5.41) is 11.1. The maximum Gasteiger partial charge on any atom is 0.271 e. The summed E-state index contributed by atoms with van der Waals surface area (Å²) in [6.45, 7) is 0. The summed E-state index contributed by atoms with van der Waals surface area (Å²) in [7, 11) is 1.64. The molecule has 0 fully saturated rings. The first-order valence-electron chi connectivity index (χ1n) is 13.2. The molecule has 0 amide bonds. The number of thiazole rings is 1. The van der Waals surface area contributed by atoms with Crippen LogP contribution in [0.5, 0.6) is 5.75 Å². The first kappa shape index (κ1) is 26.4. The zero-order chi connectivity index (χ0) is 29.0. The van der Waals surface area contributed by atoms with E-state index in [1.165, 1.54) is 29.0 Å². The molecule has 1 atom stereocenters. The Balaban J connectivity index is 1.36. The number of benzene rings is 3. The van der Waals surface area contributed by atoms with Gasteiger partial charge in [0, 0.05) is 33.8 Å². The lowest BCUT2D eigenvalue weighted by Gasteiger charge is -2.30. The number of nitrogens with zero attached hydrogens (tertiary/aromatic N) is 3. The number of methoxy groups -OCH3 is 1. The number of rotatable bonds is 5. The second kappa shape index (κ2) is 10.4. The van der Waals surface area contributed by atoms with E-state index in [2.05, 4.69) is 34.1 Å². The summed E-state index contributed by atoms with van der Waals surface area (Å²) in [4.78, 5) is 30.4. The molecular formula is C32H22BrN3O5S. The number of hydrogen-bond donors (Lipinski definition) is 0. The number of allylic oxidation sites excluding steroid dienone is 1. The molecule has 42 heavy (non-hydrogen) atoms. The van der Waals surface area contributed by atoms with Gasteiger partial charge >= 0.3 is 0 Å². The average molecular weight is 641 g/mol.